The molecule has 8 heteroatoms. The van der Waals surface area contributed by atoms with Gasteiger partial charge in [0.15, 0.2) is 0 Å². The van der Waals surface area contributed by atoms with Crippen molar-refractivity contribution in [3.8, 4) is 5.75 Å². The molecular formula is C30H28N2O5S. The van der Waals surface area contributed by atoms with Crippen molar-refractivity contribution in [3.63, 3.8) is 0 Å². The topological polar surface area (TPSA) is 105 Å². The minimum absolute atomic E-state index is 0.0715. The number of hydrogen-bond donors (Lipinski definition) is 3. The first-order valence-corrected chi connectivity index (χ1v) is 13.2. The van der Waals surface area contributed by atoms with Gasteiger partial charge < -0.3 is 20.5 Å². The molecule has 194 valence electrons. The number of thioether (sulfide) groups is 1. The first-order valence-electron chi connectivity index (χ1n) is 12.3. The van der Waals surface area contributed by atoms with E-state index >= 15 is 0 Å². The summed E-state index contributed by atoms with van der Waals surface area (Å²) in [6, 6.07) is 24.5. The molecule has 3 N–H and O–H groups in total. The molecular weight excluding hydrogens is 500 g/mol. The van der Waals surface area contributed by atoms with Crippen molar-refractivity contribution in [1.29, 1.82) is 0 Å². The Morgan fingerprint density at radius 3 is 2.26 bits per heavy atom. The summed E-state index contributed by atoms with van der Waals surface area (Å²) in [5.74, 6) is -0.694. The van der Waals surface area contributed by atoms with Crippen LogP contribution < -0.4 is 15.4 Å². The van der Waals surface area contributed by atoms with Crippen molar-refractivity contribution in [1.82, 2.24) is 0 Å². The molecule has 2 amide bonds. The summed E-state index contributed by atoms with van der Waals surface area (Å²) in [6.45, 7) is 2.78. The minimum atomic E-state index is -1.09. The van der Waals surface area contributed by atoms with Gasteiger partial charge in [-0.1, -0.05) is 43.7 Å². The number of rotatable bonds is 11. The Hall–Kier alpha value is -4.30. The predicted octanol–water partition coefficient (Wildman–Crippen LogP) is 6.70. The molecule has 0 aromatic heterocycles. The molecule has 0 heterocycles. The lowest BCUT2D eigenvalue weighted by Gasteiger charge is -2.11. The molecule has 7 nitrogen and oxygen atoms in total. The second-order valence-electron chi connectivity index (χ2n) is 8.56. The van der Waals surface area contributed by atoms with Gasteiger partial charge in [-0.3, -0.25) is 9.59 Å². The van der Waals surface area contributed by atoms with Crippen molar-refractivity contribution in [2.24, 2.45) is 0 Å². The van der Waals surface area contributed by atoms with Crippen LogP contribution in [0.15, 0.2) is 89.8 Å². The molecule has 0 unspecified atom stereocenters. The number of carbonyl (C=O) groups excluding carboxylic acids is 2. The highest BCUT2D eigenvalue weighted by molar-refractivity contribution is 8.00. The highest BCUT2D eigenvalue weighted by Gasteiger charge is 2.17. The van der Waals surface area contributed by atoms with E-state index < -0.39 is 11.9 Å². The average molecular weight is 529 g/mol. The first kappa shape index (κ1) is 26.8. The van der Waals surface area contributed by atoms with Gasteiger partial charge >= 0.3 is 5.97 Å². The third kappa shape index (κ3) is 6.92. The molecule has 38 heavy (non-hydrogen) atoms. The highest BCUT2D eigenvalue weighted by atomic mass is 32.2. The van der Waals surface area contributed by atoms with Gasteiger partial charge in [0.1, 0.15) is 5.75 Å². The van der Waals surface area contributed by atoms with Gasteiger partial charge in [0.05, 0.1) is 17.9 Å². The molecule has 0 aliphatic rings. The van der Waals surface area contributed by atoms with Crippen molar-refractivity contribution < 1.29 is 24.2 Å². The van der Waals surface area contributed by atoms with E-state index in [-0.39, 0.29) is 22.8 Å². The van der Waals surface area contributed by atoms with Crippen LogP contribution in [0.3, 0.4) is 0 Å². The van der Waals surface area contributed by atoms with Gasteiger partial charge in [0.2, 0.25) is 5.91 Å². The molecule has 0 spiro atoms. The molecule has 4 rings (SSSR count). The Kier molecular flexibility index (Phi) is 9.00. The normalized spacial score (nSPS) is 10.7. The van der Waals surface area contributed by atoms with Crippen LogP contribution in [0.4, 0.5) is 11.4 Å². The fourth-order valence-corrected chi connectivity index (χ4v) is 4.64. The molecule has 0 aliphatic carbocycles. The van der Waals surface area contributed by atoms with E-state index in [1.807, 2.05) is 30.3 Å². The van der Waals surface area contributed by atoms with Crippen LogP contribution in [0.2, 0.25) is 0 Å². The number of nitrogens with one attached hydrogen (secondary N) is 2. The van der Waals surface area contributed by atoms with E-state index in [1.165, 1.54) is 17.8 Å². The first-order chi connectivity index (χ1) is 18.4. The summed E-state index contributed by atoms with van der Waals surface area (Å²) in [4.78, 5) is 38.1. The fraction of sp³-hybridized carbons (Fsp3) is 0.167. The average Bonchev–Trinajstić information content (AvgIpc) is 2.92. The number of benzene rings is 4. The quantitative estimate of drug-likeness (QED) is 0.148. The predicted molar refractivity (Wildman–Crippen MR) is 152 cm³/mol. The Bertz CT molecular complexity index is 1450. The van der Waals surface area contributed by atoms with Crippen molar-refractivity contribution >= 4 is 51.7 Å². The lowest BCUT2D eigenvalue weighted by molar-refractivity contribution is -0.113. The van der Waals surface area contributed by atoms with Crippen LogP contribution in [-0.4, -0.2) is 35.2 Å². The summed E-state index contributed by atoms with van der Waals surface area (Å²) in [5.41, 5.74) is 1.58. The van der Waals surface area contributed by atoms with Gasteiger partial charge in [-0.05, 0) is 66.4 Å². The summed E-state index contributed by atoms with van der Waals surface area (Å²) in [6.07, 6.45) is 2.06. The van der Waals surface area contributed by atoms with E-state index in [4.69, 9.17) is 4.74 Å². The Morgan fingerprint density at radius 2 is 1.55 bits per heavy atom. The Balaban J connectivity index is 1.37. The zero-order valence-corrected chi connectivity index (χ0v) is 21.7. The summed E-state index contributed by atoms with van der Waals surface area (Å²) in [5, 5.41) is 16.4. The molecule has 0 atom stereocenters. The molecule has 0 radical (unpaired) electrons. The third-order valence-corrected chi connectivity index (χ3v) is 6.74. The standard InChI is InChI=1S/C30H28N2O5S/c1-2-3-17-37-23-15-13-21(14-16-23)31-27(33)19-38-24-10-6-9-22(18-24)32-29(34)25-11-4-7-20-8-5-12-26(28(20)25)30(35)36/h4-16,18H,2-3,17,19H2,1H3,(H,31,33)(H,32,34)(H,35,36). The van der Waals surface area contributed by atoms with E-state index in [0.29, 0.717) is 28.8 Å². The summed E-state index contributed by atoms with van der Waals surface area (Å²) < 4.78 is 5.64. The molecule has 4 aromatic carbocycles. The second-order valence-corrected chi connectivity index (χ2v) is 9.61. The number of anilines is 2. The number of amides is 2. The second kappa shape index (κ2) is 12.8. The number of ether oxygens (including phenoxy) is 1. The van der Waals surface area contributed by atoms with Crippen molar-refractivity contribution in [2.45, 2.75) is 24.7 Å². The minimum Gasteiger partial charge on any atom is -0.494 e. The summed E-state index contributed by atoms with van der Waals surface area (Å²) >= 11 is 1.34. The van der Waals surface area contributed by atoms with Crippen LogP contribution in [0.25, 0.3) is 10.8 Å². The van der Waals surface area contributed by atoms with Gasteiger partial charge in [0.25, 0.3) is 5.91 Å². The molecule has 0 fully saturated rings. The van der Waals surface area contributed by atoms with Gasteiger partial charge in [-0.15, -0.1) is 11.8 Å². The number of hydrogen-bond acceptors (Lipinski definition) is 5. The largest absolute Gasteiger partial charge is 0.494 e. The molecule has 0 saturated carbocycles. The van der Waals surface area contributed by atoms with Gasteiger partial charge in [0, 0.05) is 27.2 Å². The maximum Gasteiger partial charge on any atom is 0.336 e. The Labute approximate surface area is 225 Å². The van der Waals surface area contributed by atoms with Crippen LogP contribution in [-0.2, 0) is 4.79 Å². The smallest absolute Gasteiger partial charge is 0.336 e. The molecule has 0 aliphatic heterocycles. The number of aromatic carboxylic acids is 1. The Morgan fingerprint density at radius 1 is 0.842 bits per heavy atom. The highest BCUT2D eigenvalue weighted by Crippen LogP contribution is 2.26. The van der Waals surface area contributed by atoms with Crippen LogP contribution in [0.1, 0.15) is 40.5 Å². The van der Waals surface area contributed by atoms with Crippen LogP contribution in [0, 0.1) is 0 Å². The lowest BCUT2D eigenvalue weighted by Crippen LogP contribution is -2.14. The zero-order chi connectivity index (χ0) is 26.9. The fourth-order valence-electron chi connectivity index (χ4n) is 3.89. The molecule has 0 bridgehead atoms. The number of carboxylic acids is 1. The van der Waals surface area contributed by atoms with Crippen molar-refractivity contribution in [2.75, 3.05) is 23.0 Å². The maximum atomic E-state index is 13.1. The van der Waals surface area contributed by atoms with Crippen LogP contribution in [0.5, 0.6) is 5.75 Å². The number of fused-ring (bicyclic) bond motifs is 1. The van der Waals surface area contributed by atoms with Gasteiger partial charge in [-0.2, -0.15) is 0 Å². The molecule has 0 saturated heterocycles. The van der Waals surface area contributed by atoms with E-state index in [1.54, 1.807) is 48.5 Å². The van der Waals surface area contributed by atoms with Crippen molar-refractivity contribution in [3.05, 3.63) is 96.1 Å². The molecule has 4 aromatic rings. The van der Waals surface area contributed by atoms with E-state index in [0.717, 1.165) is 23.5 Å². The maximum absolute atomic E-state index is 13.1. The van der Waals surface area contributed by atoms with Crippen LogP contribution >= 0.6 is 11.8 Å². The number of carboxylic acid groups (broad SMARTS) is 1. The lowest BCUT2D eigenvalue weighted by atomic mass is 9.98. The van der Waals surface area contributed by atoms with E-state index in [9.17, 15) is 19.5 Å². The zero-order valence-electron chi connectivity index (χ0n) is 20.9. The number of unbranched alkanes of at least 4 members (excludes halogenated alkanes) is 1. The number of carbonyl (C=O) groups is 3. The summed E-state index contributed by atoms with van der Waals surface area (Å²) in [7, 11) is 0. The SMILES string of the molecule is CCCCOc1ccc(NC(=O)CSc2cccc(NC(=O)c3cccc4cccc(C(=O)O)c34)c2)cc1. The third-order valence-electron chi connectivity index (χ3n) is 5.75. The van der Waals surface area contributed by atoms with E-state index in [2.05, 4.69) is 17.6 Å². The monoisotopic (exact) mass is 528 g/mol. The van der Waals surface area contributed by atoms with Gasteiger partial charge in [-0.25, -0.2) is 4.79 Å².